The molecule has 0 aliphatic heterocycles. The van der Waals surface area contributed by atoms with Crippen molar-refractivity contribution in [2.24, 2.45) is 0 Å². The molecular weight excluding hydrogens is 238 g/mol. The van der Waals surface area contributed by atoms with Crippen molar-refractivity contribution in [3.05, 3.63) is 39.7 Å². The molecule has 0 bridgehead atoms. The number of pyridine rings is 1. The number of anilines is 1. The molecule has 0 spiro atoms. The van der Waals surface area contributed by atoms with E-state index in [1.165, 1.54) is 6.20 Å². The van der Waals surface area contributed by atoms with E-state index >= 15 is 0 Å². The number of nitro groups is 1. The van der Waals surface area contributed by atoms with Gasteiger partial charge < -0.3 is 9.84 Å². The molecule has 2 heterocycles. The van der Waals surface area contributed by atoms with E-state index in [2.05, 4.69) is 20.4 Å². The third-order valence-corrected chi connectivity index (χ3v) is 2.29. The molecule has 0 saturated carbocycles. The highest BCUT2D eigenvalue weighted by atomic mass is 16.6. The second-order valence-electron chi connectivity index (χ2n) is 3.67. The minimum absolute atomic E-state index is 0.0475. The second-order valence-corrected chi connectivity index (χ2v) is 3.67. The van der Waals surface area contributed by atoms with Gasteiger partial charge in [-0.2, -0.15) is 4.98 Å². The highest BCUT2D eigenvalue weighted by Crippen LogP contribution is 2.25. The lowest BCUT2D eigenvalue weighted by Gasteiger charge is -2.04. The van der Waals surface area contributed by atoms with Gasteiger partial charge in [0.05, 0.1) is 11.5 Å². The van der Waals surface area contributed by atoms with Gasteiger partial charge in [-0.1, -0.05) is 5.16 Å². The summed E-state index contributed by atoms with van der Waals surface area (Å²) in [6.45, 7) is 3.54. The van der Waals surface area contributed by atoms with Crippen LogP contribution in [0.3, 0.4) is 0 Å². The zero-order valence-electron chi connectivity index (χ0n) is 9.88. The molecule has 0 saturated heterocycles. The van der Waals surface area contributed by atoms with Gasteiger partial charge in [-0.15, -0.1) is 0 Å². The molecule has 0 aromatic carbocycles. The Labute approximate surface area is 102 Å². The molecule has 2 aromatic rings. The van der Waals surface area contributed by atoms with Crippen LogP contribution in [-0.2, 0) is 6.54 Å². The van der Waals surface area contributed by atoms with Crippen LogP contribution >= 0.6 is 0 Å². The lowest BCUT2D eigenvalue weighted by atomic mass is 10.2. The normalized spacial score (nSPS) is 10.3. The molecule has 0 atom stereocenters. The third-order valence-electron chi connectivity index (χ3n) is 2.29. The maximum Gasteiger partial charge on any atom is 0.314 e. The summed E-state index contributed by atoms with van der Waals surface area (Å²) in [6, 6.07) is 1.58. The molecule has 0 fully saturated rings. The summed E-state index contributed by atoms with van der Waals surface area (Å²) in [7, 11) is 0. The number of rotatable bonds is 4. The van der Waals surface area contributed by atoms with Gasteiger partial charge >= 0.3 is 5.69 Å². The first kappa shape index (κ1) is 12.0. The number of hydrogen-bond donors (Lipinski definition) is 1. The van der Waals surface area contributed by atoms with Crippen molar-refractivity contribution in [1.82, 2.24) is 15.1 Å². The third kappa shape index (κ3) is 2.42. The molecular formula is C10H11N5O3. The van der Waals surface area contributed by atoms with E-state index in [0.717, 1.165) is 0 Å². The summed E-state index contributed by atoms with van der Waals surface area (Å²) in [4.78, 5) is 18.4. The maximum atomic E-state index is 10.9. The Balaban J connectivity index is 2.19. The highest BCUT2D eigenvalue weighted by molar-refractivity contribution is 5.59. The van der Waals surface area contributed by atoms with Crippen LogP contribution in [0.5, 0.6) is 0 Å². The van der Waals surface area contributed by atoms with Gasteiger partial charge in [0.15, 0.2) is 5.82 Å². The minimum Gasteiger partial charge on any atom is -0.355 e. The molecule has 2 rings (SSSR count). The fraction of sp³-hybridized carbons (Fsp3) is 0.300. The van der Waals surface area contributed by atoms with Crippen LogP contribution in [0.25, 0.3) is 0 Å². The smallest absolute Gasteiger partial charge is 0.314 e. The van der Waals surface area contributed by atoms with Gasteiger partial charge in [0.25, 0.3) is 0 Å². The van der Waals surface area contributed by atoms with Gasteiger partial charge in [0, 0.05) is 11.8 Å². The van der Waals surface area contributed by atoms with Crippen LogP contribution in [-0.4, -0.2) is 20.0 Å². The fourth-order valence-electron chi connectivity index (χ4n) is 1.48. The van der Waals surface area contributed by atoms with Crippen molar-refractivity contribution < 1.29 is 9.45 Å². The first-order chi connectivity index (χ1) is 8.58. The van der Waals surface area contributed by atoms with Crippen LogP contribution in [0.2, 0.25) is 0 Å². The quantitative estimate of drug-likeness (QED) is 0.647. The van der Waals surface area contributed by atoms with Gasteiger partial charge in [-0.25, -0.2) is 4.98 Å². The Morgan fingerprint density at radius 3 is 2.89 bits per heavy atom. The summed E-state index contributed by atoms with van der Waals surface area (Å²) >= 11 is 0. The Bertz CT molecular complexity index is 581. The van der Waals surface area contributed by atoms with Crippen LogP contribution < -0.4 is 5.32 Å². The van der Waals surface area contributed by atoms with Gasteiger partial charge in [0.1, 0.15) is 0 Å². The fourth-order valence-corrected chi connectivity index (χ4v) is 1.48. The van der Waals surface area contributed by atoms with Crippen molar-refractivity contribution in [3.8, 4) is 0 Å². The molecule has 8 heteroatoms. The van der Waals surface area contributed by atoms with Crippen molar-refractivity contribution in [3.63, 3.8) is 0 Å². The van der Waals surface area contributed by atoms with Crippen LogP contribution in [0.15, 0.2) is 16.8 Å². The van der Waals surface area contributed by atoms with E-state index < -0.39 is 4.92 Å². The summed E-state index contributed by atoms with van der Waals surface area (Å²) in [5.74, 6) is 1.06. The molecule has 8 nitrogen and oxygen atoms in total. The van der Waals surface area contributed by atoms with E-state index in [-0.39, 0.29) is 18.1 Å². The maximum absolute atomic E-state index is 10.9. The van der Waals surface area contributed by atoms with Crippen molar-refractivity contribution in [1.29, 1.82) is 0 Å². The topological polar surface area (TPSA) is 107 Å². The number of hydrogen-bond acceptors (Lipinski definition) is 7. The first-order valence-corrected chi connectivity index (χ1v) is 5.21. The Kier molecular flexibility index (Phi) is 3.18. The predicted octanol–water partition coefficient (Wildman–Crippen LogP) is 1.60. The largest absolute Gasteiger partial charge is 0.355 e. The Morgan fingerprint density at radius 2 is 2.28 bits per heavy atom. The molecule has 0 aliphatic rings. The van der Waals surface area contributed by atoms with Gasteiger partial charge in [0.2, 0.25) is 11.7 Å². The van der Waals surface area contributed by atoms with Gasteiger partial charge in [-0.3, -0.25) is 10.1 Å². The average molecular weight is 249 g/mol. The van der Waals surface area contributed by atoms with Crippen LogP contribution in [0.4, 0.5) is 11.5 Å². The number of nitrogens with zero attached hydrogens (tertiary/aromatic N) is 4. The highest BCUT2D eigenvalue weighted by Gasteiger charge is 2.18. The van der Waals surface area contributed by atoms with E-state index in [1.54, 1.807) is 19.9 Å². The molecule has 0 aliphatic carbocycles. The number of nitrogens with one attached hydrogen (secondary N) is 1. The summed E-state index contributed by atoms with van der Waals surface area (Å²) in [5.41, 5.74) is 0.493. The van der Waals surface area contributed by atoms with Crippen molar-refractivity contribution >= 4 is 11.5 Å². The predicted molar refractivity (Wildman–Crippen MR) is 62.0 cm³/mol. The van der Waals surface area contributed by atoms with Gasteiger partial charge in [-0.05, 0) is 19.9 Å². The molecule has 2 aromatic heterocycles. The summed E-state index contributed by atoms with van der Waals surface area (Å²) in [6.07, 6.45) is 1.50. The SMILES string of the molecule is Cc1noc(CNc2nccc(C)c2[N+](=O)[O-])n1. The molecule has 0 radical (unpaired) electrons. The lowest BCUT2D eigenvalue weighted by molar-refractivity contribution is -0.384. The van der Waals surface area contributed by atoms with E-state index in [0.29, 0.717) is 17.3 Å². The second kappa shape index (κ2) is 4.78. The number of aryl methyl sites for hydroxylation is 2. The Morgan fingerprint density at radius 1 is 1.50 bits per heavy atom. The standard InChI is InChI=1S/C10H11N5O3/c1-6-3-4-11-10(9(6)15(16)17)12-5-8-13-7(2)14-18-8/h3-4H,5H2,1-2H3,(H,11,12). The van der Waals surface area contributed by atoms with E-state index in [9.17, 15) is 10.1 Å². The molecule has 1 N–H and O–H groups in total. The van der Waals surface area contributed by atoms with E-state index in [4.69, 9.17) is 4.52 Å². The minimum atomic E-state index is -0.469. The summed E-state index contributed by atoms with van der Waals surface area (Å²) < 4.78 is 4.90. The molecule has 94 valence electrons. The van der Waals surface area contributed by atoms with Crippen LogP contribution in [0.1, 0.15) is 17.3 Å². The average Bonchev–Trinajstić information content (AvgIpc) is 2.72. The number of aromatic nitrogens is 3. The Hall–Kier alpha value is -2.51. The lowest BCUT2D eigenvalue weighted by Crippen LogP contribution is -2.06. The molecule has 18 heavy (non-hydrogen) atoms. The monoisotopic (exact) mass is 249 g/mol. The van der Waals surface area contributed by atoms with Crippen molar-refractivity contribution in [2.45, 2.75) is 20.4 Å². The van der Waals surface area contributed by atoms with Crippen LogP contribution in [0, 0.1) is 24.0 Å². The van der Waals surface area contributed by atoms with Crippen molar-refractivity contribution in [2.75, 3.05) is 5.32 Å². The zero-order chi connectivity index (χ0) is 13.1. The summed E-state index contributed by atoms with van der Waals surface area (Å²) in [5, 5.41) is 17.4. The van der Waals surface area contributed by atoms with E-state index in [1.807, 2.05) is 0 Å². The first-order valence-electron chi connectivity index (χ1n) is 5.21. The molecule has 0 amide bonds. The molecule has 0 unspecified atom stereocenters. The zero-order valence-corrected chi connectivity index (χ0v) is 9.88.